The molecular weight excluding hydrogens is 248 g/mol. The molecule has 0 aromatic heterocycles. The van der Waals surface area contributed by atoms with E-state index in [1.807, 2.05) is 0 Å². The minimum atomic E-state index is -0.776. The zero-order valence-electron chi connectivity index (χ0n) is 11.0. The van der Waals surface area contributed by atoms with Crippen LogP contribution in [0.4, 0.5) is 0 Å². The van der Waals surface area contributed by atoms with Crippen LogP contribution in [0.1, 0.15) is 0 Å². The van der Waals surface area contributed by atoms with E-state index in [9.17, 15) is 0 Å². The maximum absolute atomic E-state index is 2.59. The van der Waals surface area contributed by atoms with Gasteiger partial charge in [0.05, 0.1) is 0 Å². The van der Waals surface area contributed by atoms with Crippen molar-refractivity contribution >= 4 is 30.8 Å². The van der Waals surface area contributed by atoms with Crippen LogP contribution in [0.2, 0.25) is 52.4 Å². The van der Waals surface area contributed by atoms with Gasteiger partial charge in [0.1, 0.15) is 0 Å². The Hall–Kier alpha value is 2.50. The van der Waals surface area contributed by atoms with Gasteiger partial charge in [-0.2, -0.15) is 0 Å². The molecule has 73 valence electrons. The average molecular weight is 272 g/mol. The fraction of sp³-hybridized carbons (Fsp3) is 1.00. The molecular formula is C8H24KSi4. The Morgan fingerprint density at radius 1 is 0.769 bits per heavy atom. The molecule has 0 aliphatic heterocycles. The van der Waals surface area contributed by atoms with Crippen LogP contribution in [-0.2, 0) is 0 Å². The van der Waals surface area contributed by atoms with Crippen LogP contribution < -0.4 is 51.4 Å². The van der Waals surface area contributed by atoms with Crippen molar-refractivity contribution in [2.24, 2.45) is 0 Å². The Morgan fingerprint density at radius 3 is 1.00 bits per heavy atom. The second-order valence-corrected chi connectivity index (χ2v) is 38.6. The summed E-state index contributed by atoms with van der Waals surface area (Å²) in [6.45, 7) is 20.7. The largest absolute Gasteiger partial charge is 1.00 e. The maximum Gasteiger partial charge on any atom is 1.00 e. The van der Waals surface area contributed by atoms with Crippen LogP contribution >= 0.6 is 0 Å². The zero-order valence-corrected chi connectivity index (χ0v) is 18.1. The van der Waals surface area contributed by atoms with E-state index in [1.165, 1.54) is 0 Å². The fourth-order valence-corrected chi connectivity index (χ4v) is 70.9. The third-order valence-electron chi connectivity index (χ3n) is 2.00. The number of hydrogen-bond acceptors (Lipinski definition) is 0. The SMILES string of the molecule is C[Si](C)[Si-]([Si](C)(C)C)[Si](C)(C)C.[K+]. The van der Waals surface area contributed by atoms with Gasteiger partial charge in [-0.15, -0.1) is 36.6 Å². The second-order valence-electron chi connectivity index (χ2n) is 5.88. The van der Waals surface area contributed by atoms with Crippen molar-refractivity contribution in [3.05, 3.63) is 0 Å². The minimum absolute atomic E-state index is 0. The van der Waals surface area contributed by atoms with Gasteiger partial charge >= 0.3 is 51.4 Å². The summed E-state index contributed by atoms with van der Waals surface area (Å²) in [6, 6.07) is 0. The molecule has 5 heteroatoms. The fourth-order valence-electron chi connectivity index (χ4n) is 2.62. The first-order chi connectivity index (χ1) is 5.07. The van der Waals surface area contributed by atoms with Crippen molar-refractivity contribution in [3.8, 4) is 0 Å². The van der Waals surface area contributed by atoms with Crippen LogP contribution in [-0.4, -0.2) is 30.8 Å². The van der Waals surface area contributed by atoms with Gasteiger partial charge in [0.25, 0.3) is 0 Å². The van der Waals surface area contributed by atoms with E-state index >= 15 is 0 Å². The first-order valence-corrected chi connectivity index (χ1v) is 18.8. The van der Waals surface area contributed by atoms with Gasteiger partial charge in [-0.05, 0) is 0 Å². The molecule has 0 fully saturated rings. The van der Waals surface area contributed by atoms with Gasteiger partial charge in [0.2, 0.25) is 0 Å². The smallest absolute Gasteiger partial charge is 0.256 e. The summed E-state index contributed by atoms with van der Waals surface area (Å²) in [4.78, 5) is 0. The summed E-state index contributed by atoms with van der Waals surface area (Å²) in [5, 5.41) is 0. The Labute approximate surface area is 132 Å². The van der Waals surface area contributed by atoms with Crippen molar-refractivity contribution in [2.75, 3.05) is 0 Å². The van der Waals surface area contributed by atoms with Gasteiger partial charge in [-0.1, -0.05) is 39.3 Å². The van der Waals surface area contributed by atoms with Crippen LogP contribution in [0.5, 0.6) is 0 Å². The summed E-state index contributed by atoms with van der Waals surface area (Å²) in [5.74, 6) is 0. The molecule has 0 spiro atoms. The van der Waals surface area contributed by atoms with Gasteiger partial charge in [-0.25, -0.2) is 0 Å². The third-order valence-corrected chi connectivity index (χ3v) is 54.0. The van der Waals surface area contributed by atoms with Gasteiger partial charge in [0, 0.05) is 0 Å². The molecule has 0 amide bonds. The van der Waals surface area contributed by atoms with Crippen molar-refractivity contribution in [1.82, 2.24) is 0 Å². The zero-order chi connectivity index (χ0) is 10.2. The van der Waals surface area contributed by atoms with E-state index in [0.29, 0.717) is 0 Å². The van der Waals surface area contributed by atoms with Crippen LogP contribution in [0.15, 0.2) is 0 Å². The minimum Gasteiger partial charge on any atom is -0.256 e. The Kier molecular flexibility index (Phi) is 8.66. The maximum atomic E-state index is 2.59. The van der Waals surface area contributed by atoms with E-state index in [4.69, 9.17) is 0 Å². The van der Waals surface area contributed by atoms with E-state index in [2.05, 4.69) is 52.4 Å². The Morgan fingerprint density at radius 2 is 1.00 bits per heavy atom. The summed E-state index contributed by atoms with van der Waals surface area (Å²) in [7, 11) is -1.43. The van der Waals surface area contributed by atoms with Crippen molar-refractivity contribution in [1.29, 1.82) is 0 Å². The standard InChI is InChI=1S/C8H24Si4.K/c1-9(2)10(11(3,4)5)12(6,7)8;/h1-8H3;/q-1;+1. The first-order valence-electron chi connectivity index (χ1n) is 4.75. The van der Waals surface area contributed by atoms with E-state index < -0.39 is 15.2 Å². The van der Waals surface area contributed by atoms with E-state index in [-0.39, 0.29) is 67.0 Å². The topological polar surface area (TPSA) is 0 Å². The van der Waals surface area contributed by atoms with E-state index in [0.717, 1.165) is 0 Å². The van der Waals surface area contributed by atoms with Crippen LogP contribution in [0, 0.1) is 0 Å². The monoisotopic (exact) mass is 271 g/mol. The molecule has 0 saturated carbocycles. The molecule has 0 unspecified atom stereocenters. The molecule has 0 atom stereocenters. The van der Waals surface area contributed by atoms with Crippen molar-refractivity contribution in [3.63, 3.8) is 0 Å². The van der Waals surface area contributed by atoms with Crippen LogP contribution in [0.3, 0.4) is 0 Å². The molecule has 0 saturated heterocycles. The van der Waals surface area contributed by atoms with E-state index in [1.54, 1.807) is 0 Å². The Balaban J connectivity index is 0. The molecule has 0 bridgehead atoms. The average Bonchev–Trinajstić information content (AvgIpc) is 1.49. The normalized spacial score (nSPS) is 13.4. The molecule has 0 nitrogen and oxygen atoms in total. The number of rotatable bonds is 3. The summed E-state index contributed by atoms with van der Waals surface area (Å²) >= 11 is 0. The molecule has 0 aromatic rings. The first kappa shape index (κ1) is 17.9. The molecule has 1 radical (unpaired) electrons. The van der Waals surface area contributed by atoms with Crippen molar-refractivity contribution in [2.45, 2.75) is 52.4 Å². The Bertz CT molecular complexity index is 131. The predicted octanol–water partition coefficient (Wildman–Crippen LogP) is 0.151. The van der Waals surface area contributed by atoms with Crippen molar-refractivity contribution < 1.29 is 51.4 Å². The third kappa shape index (κ3) is 6.62. The molecule has 0 heterocycles. The summed E-state index contributed by atoms with van der Waals surface area (Å²) in [6.07, 6.45) is 0. The molecule has 0 aliphatic carbocycles. The summed E-state index contributed by atoms with van der Waals surface area (Å²) < 4.78 is 0. The number of hydrogen-bond donors (Lipinski definition) is 0. The molecule has 0 aromatic carbocycles. The quantitative estimate of drug-likeness (QED) is 0.641. The predicted molar refractivity (Wildman–Crippen MR) is 69.9 cm³/mol. The summed E-state index contributed by atoms with van der Waals surface area (Å²) in [5.41, 5.74) is 0. The van der Waals surface area contributed by atoms with Crippen LogP contribution in [0.25, 0.3) is 0 Å². The molecule has 13 heavy (non-hydrogen) atoms. The molecule has 0 N–H and O–H groups in total. The van der Waals surface area contributed by atoms with Gasteiger partial charge in [-0.3, -0.25) is 7.35 Å². The molecule has 0 rings (SSSR count). The molecule has 0 aliphatic rings. The van der Waals surface area contributed by atoms with Gasteiger partial charge < -0.3 is 0 Å². The van der Waals surface area contributed by atoms with Gasteiger partial charge in [0.15, 0.2) is 0 Å². The second kappa shape index (κ2) is 6.29.